The smallest absolute Gasteiger partial charge is 0.283 e. The second-order valence-corrected chi connectivity index (χ2v) is 8.10. The summed E-state index contributed by atoms with van der Waals surface area (Å²) in [4.78, 5) is 27.2. The van der Waals surface area contributed by atoms with E-state index in [0.29, 0.717) is 71.3 Å². The van der Waals surface area contributed by atoms with Crippen molar-refractivity contribution in [3.05, 3.63) is 79.3 Å². The number of nitrogens with zero attached hydrogens (tertiary/aromatic N) is 4. The van der Waals surface area contributed by atoms with Gasteiger partial charge < -0.3 is 20.3 Å². The number of benzene rings is 2. The Morgan fingerprint density at radius 3 is 2.64 bits per heavy atom. The van der Waals surface area contributed by atoms with Crippen molar-refractivity contribution < 1.29 is 18.3 Å². The zero-order valence-corrected chi connectivity index (χ0v) is 19.2. The first-order chi connectivity index (χ1) is 17.5. The number of pyridine rings is 1. The summed E-state index contributed by atoms with van der Waals surface area (Å²) in [5, 5.41) is 6.42. The number of hydrogen-bond acceptors (Lipinski definition) is 7. The molecule has 3 heterocycles. The number of aromatic nitrogens is 3. The van der Waals surface area contributed by atoms with Crippen molar-refractivity contribution in [3.8, 4) is 11.3 Å². The fourth-order valence-electron chi connectivity index (χ4n) is 4.01. The third kappa shape index (κ3) is 4.84. The number of anilines is 4. The molecule has 36 heavy (non-hydrogen) atoms. The van der Waals surface area contributed by atoms with Crippen LogP contribution in [0.3, 0.4) is 0 Å². The van der Waals surface area contributed by atoms with E-state index in [-0.39, 0.29) is 5.82 Å². The molecule has 0 radical (unpaired) electrons. The summed E-state index contributed by atoms with van der Waals surface area (Å²) in [5.74, 6) is -1.95. The molecule has 5 rings (SSSR count). The molecule has 2 aromatic carbocycles. The number of carbonyl (C=O) groups is 1. The molecule has 8 nitrogen and oxygen atoms in total. The number of rotatable bonds is 6. The number of amides is 1. The van der Waals surface area contributed by atoms with Gasteiger partial charge in [-0.05, 0) is 36.4 Å². The number of halogens is 2. The van der Waals surface area contributed by atoms with Crippen LogP contribution in [0.15, 0.2) is 73.5 Å². The molecule has 0 spiro atoms. The van der Waals surface area contributed by atoms with E-state index in [1.165, 1.54) is 12.4 Å². The Morgan fingerprint density at radius 1 is 1.06 bits per heavy atom. The molecular weight excluding hydrogens is 466 g/mol. The summed E-state index contributed by atoms with van der Waals surface area (Å²) in [5.41, 5.74) is 3.17. The fraction of sp³-hybridized carbons (Fsp3) is 0.154. The first-order valence-corrected chi connectivity index (χ1v) is 11.2. The molecule has 0 unspecified atom stereocenters. The number of morpholine rings is 1. The molecule has 0 bridgehead atoms. The lowest BCUT2D eigenvalue weighted by Gasteiger charge is -2.30. The van der Waals surface area contributed by atoms with Crippen molar-refractivity contribution in [2.75, 3.05) is 41.8 Å². The van der Waals surface area contributed by atoms with Gasteiger partial charge in [-0.2, -0.15) is 0 Å². The van der Waals surface area contributed by atoms with Gasteiger partial charge in [-0.15, -0.1) is 0 Å². The van der Waals surface area contributed by atoms with Crippen molar-refractivity contribution in [3.63, 3.8) is 0 Å². The summed E-state index contributed by atoms with van der Waals surface area (Å²) >= 11 is 0. The van der Waals surface area contributed by atoms with Crippen LogP contribution in [0.1, 0.15) is 0 Å². The maximum atomic E-state index is 14.3. The van der Waals surface area contributed by atoms with Gasteiger partial charge >= 0.3 is 0 Å². The van der Waals surface area contributed by atoms with Gasteiger partial charge in [-0.25, -0.2) is 18.7 Å². The third-order valence-corrected chi connectivity index (χ3v) is 5.77. The molecule has 0 saturated carbocycles. The van der Waals surface area contributed by atoms with Crippen LogP contribution in [0.4, 0.5) is 31.7 Å². The number of fused-ring (bicyclic) bond motifs is 1. The Bertz CT molecular complexity index is 1460. The van der Waals surface area contributed by atoms with Crippen molar-refractivity contribution in [1.82, 2.24) is 15.0 Å². The van der Waals surface area contributed by atoms with Crippen LogP contribution >= 0.6 is 0 Å². The van der Waals surface area contributed by atoms with E-state index in [1.54, 1.807) is 42.6 Å². The molecule has 1 aliphatic heterocycles. The van der Waals surface area contributed by atoms with Crippen LogP contribution in [-0.4, -0.2) is 47.2 Å². The van der Waals surface area contributed by atoms with Gasteiger partial charge in [0.05, 0.1) is 35.8 Å². The molecular formula is C26H22F2N6O2. The van der Waals surface area contributed by atoms with Crippen LogP contribution in [-0.2, 0) is 9.53 Å². The molecule has 4 aromatic rings. The van der Waals surface area contributed by atoms with Gasteiger partial charge in [-0.3, -0.25) is 9.78 Å². The van der Waals surface area contributed by atoms with Gasteiger partial charge in [0.15, 0.2) is 5.83 Å². The molecule has 0 aliphatic carbocycles. The Balaban J connectivity index is 1.55. The number of hydrogen-bond donors (Lipinski definition) is 2. The Morgan fingerprint density at radius 2 is 1.86 bits per heavy atom. The average molecular weight is 488 g/mol. The van der Waals surface area contributed by atoms with E-state index in [2.05, 4.69) is 32.2 Å². The predicted molar refractivity (Wildman–Crippen MR) is 134 cm³/mol. The molecule has 1 fully saturated rings. The van der Waals surface area contributed by atoms with E-state index < -0.39 is 11.7 Å². The minimum Gasteiger partial charge on any atom is -0.378 e. The molecule has 1 aliphatic rings. The fourth-order valence-corrected chi connectivity index (χ4v) is 4.01. The summed E-state index contributed by atoms with van der Waals surface area (Å²) in [6.07, 6.45) is 3.00. The summed E-state index contributed by atoms with van der Waals surface area (Å²) in [6.45, 7) is 5.37. The van der Waals surface area contributed by atoms with Crippen LogP contribution in [0.2, 0.25) is 0 Å². The Kier molecular flexibility index (Phi) is 6.50. The van der Waals surface area contributed by atoms with Gasteiger partial charge in [0.1, 0.15) is 18.0 Å². The summed E-state index contributed by atoms with van der Waals surface area (Å²) < 4.78 is 33.2. The van der Waals surface area contributed by atoms with Crippen molar-refractivity contribution in [2.24, 2.45) is 0 Å². The van der Waals surface area contributed by atoms with E-state index in [9.17, 15) is 13.6 Å². The van der Waals surface area contributed by atoms with Crippen molar-refractivity contribution in [2.45, 2.75) is 0 Å². The molecule has 1 amide bonds. The first kappa shape index (κ1) is 23.3. The zero-order chi connectivity index (χ0) is 25.1. The molecule has 2 aromatic heterocycles. The largest absolute Gasteiger partial charge is 0.378 e. The van der Waals surface area contributed by atoms with E-state index >= 15 is 0 Å². The highest BCUT2D eigenvalue weighted by molar-refractivity contribution is 6.07. The average Bonchev–Trinajstić information content (AvgIpc) is 2.89. The summed E-state index contributed by atoms with van der Waals surface area (Å²) in [7, 11) is 0. The van der Waals surface area contributed by atoms with Crippen molar-refractivity contribution >= 4 is 39.7 Å². The van der Waals surface area contributed by atoms with Crippen LogP contribution in [0, 0.1) is 5.82 Å². The number of ether oxygens (including phenoxy) is 1. The second-order valence-electron chi connectivity index (χ2n) is 8.10. The maximum absolute atomic E-state index is 14.3. The third-order valence-electron chi connectivity index (χ3n) is 5.77. The first-order valence-electron chi connectivity index (χ1n) is 11.2. The van der Waals surface area contributed by atoms with E-state index in [0.717, 1.165) is 0 Å². The van der Waals surface area contributed by atoms with E-state index in [4.69, 9.17) is 4.74 Å². The van der Waals surface area contributed by atoms with Crippen LogP contribution < -0.4 is 15.5 Å². The normalized spacial score (nSPS) is 13.4. The molecule has 2 N–H and O–H groups in total. The lowest BCUT2D eigenvalue weighted by molar-refractivity contribution is -0.114. The van der Waals surface area contributed by atoms with Gasteiger partial charge in [0.2, 0.25) is 0 Å². The van der Waals surface area contributed by atoms with Gasteiger partial charge in [0, 0.05) is 35.9 Å². The molecule has 182 valence electrons. The van der Waals surface area contributed by atoms with Crippen molar-refractivity contribution in [1.29, 1.82) is 0 Å². The maximum Gasteiger partial charge on any atom is 0.283 e. The monoisotopic (exact) mass is 488 g/mol. The Hall–Kier alpha value is -4.44. The number of carbonyl (C=O) groups excluding carboxylic acids is 1. The molecule has 10 heteroatoms. The minimum atomic E-state index is -1.09. The van der Waals surface area contributed by atoms with Crippen LogP contribution in [0.25, 0.3) is 22.2 Å². The lowest BCUT2D eigenvalue weighted by Crippen LogP contribution is -2.36. The van der Waals surface area contributed by atoms with Gasteiger partial charge in [-0.1, -0.05) is 18.7 Å². The molecule has 0 atom stereocenters. The van der Waals surface area contributed by atoms with Crippen LogP contribution in [0.5, 0.6) is 0 Å². The quantitative estimate of drug-likeness (QED) is 0.376. The molecule has 1 saturated heterocycles. The summed E-state index contributed by atoms with van der Waals surface area (Å²) in [6, 6.07) is 13.4. The lowest BCUT2D eigenvalue weighted by atomic mass is 10.1. The predicted octanol–water partition coefficient (Wildman–Crippen LogP) is 4.83. The minimum absolute atomic E-state index is 0.375. The zero-order valence-electron chi connectivity index (χ0n) is 19.2. The Labute approximate surface area is 205 Å². The standard InChI is InChI=1S/C26H22F2N6O2/c1-16(27)26(35)33-23-13-19-22(14-24(23)34-8-10-36-11-9-34)30-15-31-25(19)32-17-6-7-29-21(12-17)18-4-2-3-5-20(18)28/h2-7,12-15H,1,8-11H2,(H,33,35)(H,29,30,31,32). The highest BCUT2D eigenvalue weighted by atomic mass is 19.1. The van der Waals surface area contributed by atoms with E-state index in [1.807, 2.05) is 11.0 Å². The number of nitrogens with one attached hydrogen (secondary N) is 2. The SMILES string of the molecule is C=C(F)C(=O)Nc1cc2c(Nc3ccnc(-c4ccccc4F)c3)ncnc2cc1N1CCOCC1. The second kappa shape index (κ2) is 10.0. The van der Waals surface area contributed by atoms with Gasteiger partial charge in [0.25, 0.3) is 5.91 Å². The highest BCUT2D eigenvalue weighted by Gasteiger charge is 2.20. The highest BCUT2D eigenvalue weighted by Crippen LogP contribution is 2.35. The topological polar surface area (TPSA) is 92.3 Å².